The molecule has 0 saturated carbocycles. The molecule has 14 heavy (non-hydrogen) atoms. The smallest absolute Gasteiger partial charge is 0.211 e. The zero-order chi connectivity index (χ0) is 9.97. The van der Waals surface area contributed by atoms with Crippen LogP contribution in [0.5, 0.6) is 0 Å². The van der Waals surface area contributed by atoms with Gasteiger partial charge in [-0.25, -0.2) is 4.79 Å². The van der Waals surface area contributed by atoms with Crippen molar-refractivity contribution in [3.05, 3.63) is 42.0 Å². The predicted molar refractivity (Wildman–Crippen MR) is 56.5 cm³/mol. The zero-order valence-corrected chi connectivity index (χ0v) is 7.82. The molecule has 68 valence electrons. The van der Waals surface area contributed by atoms with E-state index in [0.717, 1.165) is 10.9 Å². The molecule has 0 fully saturated rings. The standard InChI is InChI=1S/C12H9NO/c1-9-6-11(13-8-14)7-10-4-2-3-5-12(9)10/h2-7H,1H3. The molecular formula is C12H9NO. The monoisotopic (exact) mass is 183 g/mol. The number of benzene rings is 2. The van der Waals surface area contributed by atoms with Crippen molar-refractivity contribution in [2.24, 2.45) is 4.99 Å². The molecule has 0 aliphatic carbocycles. The van der Waals surface area contributed by atoms with E-state index < -0.39 is 0 Å². The van der Waals surface area contributed by atoms with Gasteiger partial charge in [0.05, 0.1) is 5.69 Å². The zero-order valence-electron chi connectivity index (χ0n) is 7.82. The molecule has 2 heteroatoms. The van der Waals surface area contributed by atoms with Crippen LogP contribution >= 0.6 is 0 Å². The minimum absolute atomic E-state index is 0.663. The van der Waals surface area contributed by atoms with Gasteiger partial charge in [0, 0.05) is 0 Å². The lowest BCUT2D eigenvalue weighted by molar-refractivity contribution is 0.565. The Morgan fingerprint density at radius 1 is 1.21 bits per heavy atom. The van der Waals surface area contributed by atoms with Crippen molar-refractivity contribution < 1.29 is 4.79 Å². The van der Waals surface area contributed by atoms with Crippen LogP contribution < -0.4 is 0 Å². The van der Waals surface area contributed by atoms with Gasteiger partial charge in [0.1, 0.15) is 0 Å². The average molecular weight is 183 g/mol. The summed E-state index contributed by atoms with van der Waals surface area (Å²) in [6.07, 6.45) is 1.55. The van der Waals surface area contributed by atoms with Crippen LogP contribution in [0, 0.1) is 6.92 Å². The Morgan fingerprint density at radius 3 is 2.79 bits per heavy atom. The lowest BCUT2D eigenvalue weighted by Crippen LogP contribution is -1.77. The minimum Gasteiger partial charge on any atom is -0.211 e. The van der Waals surface area contributed by atoms with Crippen LogP contribution in [0.25, 0.3) is 10.8 Å². The van der Waals surface area contributed by atoms with E-state index in [1.54, 1.807) is 6.08 Å². The molecule has 2 nitrogen and oxygen atoms in total. The Hall–Kier alpha value is -1.92. The highest BCUT2D eigenvalue weighted by Gasteiger charge is 1.98. The van der Waals surface area contributed by atoms with E-state index in [4.69, 9.17) is 0 Å². The number of hydrogen-bond donors (Lipinski definition) is 0. The molecule has 2 rings (SSSR count). The quantitative estimate of drug-likeness (QED) is 0.493. The number of carbonyl (C=O) groups excluding carboxylic acids is 1. The molecule has 0 N–H and O–H groups in total. The fourth-order valence-electron chi connectivity index (χ4n) is 1.60. The summed E-state index contributed by atoms with van der Waals surface area (Å²) >= 11 is 0. The lowest BCUT2D eigenvalue weighted by atomic mass is 10.0. The molecule has 0 aliphatic rings. The number of aliphatic imine (C=N–C) groups is 1. The van der Waals surface area contributed by atoms with Crippen LogP contribution in [0.1, 0.15) is 5.56 Å². The van der Waals surface area contributed by atoms with Crippen molar-refractivity contribution in [1.29, 1.82) is 0 Å². The molecule has 0 aliphatic heterocycles. The first kappa shape index (κ1) is 8.67. The van der Waals surface area contributed by atoms with E-state index in [-0.39, 0.29) is 0 Å². The lowest BCUT2D eigenvalue weighted by Gasteiger charge is -2.02. The first-order valence-electron chi connectivity index (χ1n) is 4.38. The summed E-state index contributed by atoms with van der Waals surface area (Å²) in [6.45, 7) is 2.01. The van der Waals surface area contributed by atoms with Crippen LogP contribution in [0.15, 0.2) is 41.4 Å². The van der Waals surface area contributed by atoms with Crippen LogP contribution in [0.3, 0.4) is 0 Å². The Labute approximate surface area is 81.9 Å². The highest BCUT2D eigenvalue weighted by molar-refractivity contribution is 5.88. The molecule has 0 atom stereocenters. The SMILES string of the molecule is Cc1cc(N=C=O)cc2ccccc12. The summed E-state index contributed by atoms with van der Waals surface area (Å²) in [6, 6.07) is 11.8. The Kier molecular flexibility index (Phi) is 2.13. The largest absolute Gasteiger partial charge is 0.240 e. The molecule has 0 spiro atoms. The average Bonchev–Trinajstić information content (AvgIpc) is 2.18. The summed E-state index contributed by atoms with van der Waals surface area (Å²) in [5, 5.41) is 2.29. The molecule has 2 aromatic carbocycles. The van der Waals surface area contributed by atoms with E-state index in [1.807, 2.05) is 37.3 Å². The van der Waals surface area contributed by atoms with Gasteiger partial charge < -0.3 is 0 Å². The van der Waals surface area contributed by atoms with Crippen molar-refractivity contribution in [3.63, 3.8) is 0 Å². The number of rotatable bonds is 1. The topological polar surface area (TPSA) is 29.4 Å². The van der Waals surface area contributed by atoms with Crippen molar-refractivity contribution >= 4 is 22.5 Å². The highest BCUT2D eigenvalue weighted by atomic mass is 16.1. The normalized spacial score (nSPS) is 9.79. The van der Waals surface area contributed by atoms with Gasteiger partial charge in [-0.1, -0.05) is 24.3 Å². The molecule has 0 radical (unpaired) electrons. The molecule has 0 amide bonds. The third kappa shape index (κ3) is 1.43. The summed E-state index contributed by atoms with van der Waals surface area (Å²) in [4.78, 5) is 13.7. The van der Waals surface area contributed by atoms with Crippen LogP contribution in [-0.2, 0) is 4.79 Å². The van der Waals surface area contributed by atoms with Gasteiger partial charge in [0.15, 0.2) is 0 Å². The van der Waals surface area contributed by atoms with E-state index in [2.05, 4.69) is 11.1 Å². The maximum Gasteiger partial charge on any atom is 0.240 e. The Balaban J connectivity index is 2.78. The first-order chi connectivity index (χ1) is 6.81. The van der Waals surface area contributed by atoms with Crippen molar-refractivity contribution in [3.8, 4) is 0 Å². The van der Waals surface area contributed by atoms with Gasteiger partial charge in [0.2, 0.25) is 6.08 Å². The summed E-state index contributed by atoms with van der Waals surface area (Å²) in [5.74, 6) is 0. The van der Waals surface area contributed by atoms with E-state index in [9.17, 15) is 4.79 Å². The fourth-order valence-corrected chi connectivity index (χ4v) is 1.60. The second-order valence-electron chi connectivity index (χ2n) is 3.19. The van der Waals surface area contributed by atoms with E-state index in [1.165, 1.54) is 5.39 Å². The fraction of sp³-hybridized carbons (Fsp3) is 0.0833. The molecule has 2 aromatic rings. The van der Waals surface area contributed by atoms with Gasteiger partial charge in [-0.15, -0.1) is 0 Å². The number of fused-ring (bicyclic) bond motifs is 1. The molecular weight excluding hydrogens is 174 g/mol. The van der Waals surface area contributed by atoms with Gasteiger partial charge in [-0.3, -0.25) is 0 Å². The minimum atomic E-state index is 0.663. The molecule has 0 bridgehead atoms. The Morgan fingerprint density at radius 2 is 2.00 bits per heavy atom. The number of hydrogen-bond acceptors (Lipinski definition) is 2. The van der Waals surface area contributed by atoms with E-state index in [0.29, 0.717) is 5.69 Å². The van der Waals surface area contributed by atoms with Gasteiger partial charge in [-0.2, -0.15) is 4.99 Å². The highest BCUT2D eigenvalue weighted by Crippen LogP contribution is 2.24. The summed E-state index contributed by atoms with van der Waals surface area (Å²) in [5.41, 5.74) is 1.79. The summed E-state index contributed by atoms with van der Waals surface area (Å²) < 4.78 is 0. The van der Waals surface area contributed by atoms with Gasteiger partial charge in [-0.05, 0) is 35.4 Å². The number of aryl methyl sites for hydroxylation is 1. The van der Waals surface area contributed by atoms with Crippen molar-refractivity contribution in [2.75, 3.05) is 0 Å². The summed E-state index contributed by atoms with van der Waals surface area (Å²) in [7, 11) is 0. The molecule has 0 saturated heterocycles. The number of nitrogens with zero attached hydrogens (tertiary/aromatic N) is 1. The van der Waals surface area contributed by atoms with Gasteiger partial charge >= 0.3 is 0 Å². The van der Waals surface area contributed by atoms with Crippen LogP contribution in [0.4, 0.5) is 5.69 Å². The van der Waals surface area contributed by atoms with Crippen LogP contribution in [-0.4, -0.2) is 6.08 Å². The van der Waals surface area contributed by atoms with Gasteiger partial charge in [0.25, 0.3) is 0 Å². The third-order valence-corrected chi connectivity index (χ3v) is 2.23. The second-order valence-corrected chi connectivity index (χ2v) is 3.19. The van der Waals surface area contributed by atoms with Crippen LogP contribution in [0.2, 0.25) is 0 Å². The maximum atomic E-state index is 10.1. The molecule has 0 aromatic heterocycles. The van der Waals surface area contributed by atoms with Crippen molar-refractivity contribution in [1.82, 2.24) is 0 Å². The number of isocyanates is 1. The third-order valence-electron chi connectivity index (χ3n) is 2.23. The Bertz CT molecular complexity index is 525. The molecule has 0 unspecified atom stereocenters. The predicted octanol–water partition coefficient (Wildman–Crippen LogP) is 3.12. The molecule has 0 heterocycles. The van der Waals surface area contributed by atoms with Crippen molar-refractivity contribution in [2.45, 2.75) is 6.92 Å². The first-order valence-corrected chi connectivity index (χ1v) is 4.38. The van der Waals surface area contributed by atoms with E-state index >= 15 is 0 Å². The second kappa shape index (κ2) is 3.44. The maximum absolute atomic E-state index is 10.1.